The van der Waals surface area contributed by atoms with Gasteiger partial charge in [0.15, 0.2) is 0 Å². The summed E-state index contributed by atoms with van der Waals surface area (Å²) in [5, 5.41) is 3.14. The molecule has 0 radical (unpaired) electrons. The van der Waals surface area contributed by atoms with Gasteiger partial charge in [-0.25, -0.2) is 4.39 Å². The molecule has 0 amide bonds. The number of halogens is 1. The summed E-state index contributed by atoms with van der Waals surface area (Å²) in [7, 11) is 0. The lowest BCUT2D eigenvalue weighted by Gasteiger charge is -2.11. The molecule has 11 heavy (non-hydrogen) atoms. The van der Waals surface area contributed by atoms with Crippen LogP contribution in [0.5, 0.6) is 0 Å². The largest absolute Gasteiger partial charge is 0.381 e. The van der Waals surface area contributed by atoms with Crippen molar-refractivity contribution in [3.63, 3.8) is 0 Å². The fraction of sp³-hybridized carbons (Fsp3) is 0.111. The van der Waals surface area contributed by atoms with Crippen molar-refractivity contribution in [1.82, 2.24) is 0 Å². The van der Waals surface area contributed by atoms with Gasteiger partial charge in [-0.15, -0.1) is 0 Å². The second-order valence-electron chi connectivity index (χ2n) is 2.51. The Hall–Kier alpha value is -1.31. The van der Waals surface area contributed by atoms with Crippen molar-refractivity contribution in [3.05, 3.63) is 35.7 Å². The summed E-state index contributed by atoms with van der Waals surface area (Å²) >= 11 is 0. The van der Waals surface area contributed by atoms with E-state index in [0.717, 1.165) is 17.8 Å². The van der Waals surface area contributed by atoms with Gasteiger partial charge >= 0.3 is 0 Å². The van der Waals surface area contributed by atoms with E-state index in [9.17, 15) is 4.39 Å². The quantitative estimate of drug-likeness (QED) is 0.596. The third-order valence-electron chi connectivity index (χ3n) is 1.72. The van der Waals surface area contributed by atoms with E-state index in [2.05, 4.69) is 5.32 Å². The highest BCUT2D eigenvalue weighted by molar-refractivity contribution is 5.69. The monoisotopic (exact) mass is 149 g/mol. The van der Waals surface area contributed by atoms with Crippen molar-refractivity contribution >= 4 is 11.8 Å². The minimum atomic E-state index is -0.183. The molecular weight excluding hydrogens is 141 g/mol. The SMILES string of the molecule is Fc1ccc2c(c1)C=CCN2. The Bertz CT molecular complexity index is 304. The number of benzene rings is 1. The molecule has 0 atom stereocenters. The Morgan fingerprint density at radius 2 is 2.27 bits per heavy atom. The van der Waals surface area contributed by atoms with Gasteiger partial charge in [0.1, 0.15) is 5.82 Å². The van der Waals surface area contributed by atoms with Gasteiger partial charge in [-0.05, 0) is 18.2 Å². The van der Waals surface area contributed by atoms with Crippen molar-refractivity contribution in [2.24, 2.45) is 0 Å². The zero-order valence-corrected chi connectivity index (χ0v) is 5.97. The molecule has 1 aromatic carbocycles. The fourth-order valence-electron chi connectivity index (χ4n) is 1.19. The molecule has 1 aromatic rings. The summed E-state index contributed by atoms with van der Waals surface area (Å²) in [6.45, 7) is 0.832. The van der Waals surface area contributed by atoms with Gasteiger partial charge in [-0.1, -0.05) is 12.2 Å². The van der Waals surface area contributed by atoms with Crippen LogP contribution in [-0.4, -0.2) is 6.54 Å². The minimum Gasteiger partial charge on any atom is -0.381 e. The molecule has 0 unspecified atom stereocenters. The van der Waals surface area contributed by atoms with Crippen LogP contribution in [0.15, 0.2) is 24.3 Å². The van der Waals surface area contributed by atoms with Crippen LogP contribution in [0.25, 0.3) is 6.08 Å². The number of fused-ring (bicyclic) bond motifs is 1. The highest BCUT2D eigenvalue weighted by Crippen LogP contribution is 2.20. The van der Waals surface area contributed by atoms with Crippen molar-refractivity contribution < 1.29 is 4.39 Å². The first-order valence-electron chi connectivity index (χ1n) is 3.56. The highest BCUT2D eigenvalue weighted by Gasteiger charge is 2.02. The lowest BCUT2D eigenvalue weighted by Crippen LogP contribution is -2.03. The Balaban J connectivity index is 2.54. The van der Waals surface area contributed by atoms with Crippen molar-refractivity contribution in [2.75, 3.05) is 11.9 Å². The molecule has 1 nitrogen and oxygen atoms in total. The van der Waals surface area contributed by atoms with Crippen molar-refractivity contribution in [1.29, 1.82) is 0 Å². The molecule has 1 N–H and O–H groups in total. The summed E-state index contributed by atoms with van der Waals surface area (Å²) < 4.78 is 12.6. The van der Waals surface area contributed by atoms with Crippen LogP contribution >= 0.6 is 0 Å². The average molecular weight is 149 g/mol. The van der Waals surface area contributed by atoms with Gasteiger partial charge in [0.05, 0.1) is 0 Å². The van der Waals surface area contributed by atoms with E-state index < -0.39 is 0 Å². The van der Waals surface area contributed by atoms with Crippen molar-refractivity contribution in [2.45, 2.75) is 0 Å². The number of nitrogens with one attached hydrogen (secondary N) is 1. The number of rotatable bonds is 0. The van der Waals surface area contributed by atoms with E-state index >= 15 is 0 Å². The maximum Gasteiger partial charge on any atom is 0.123 e. The maximum atomic E-state index is 12.6. The molecule has 0 aromatic heterocycles. The molecule has 0 saturated carbocycles. The van der Waals surface area contributed by atoms with Crippen LogP contribution in [0.1, 0.15) is 5.56 Å². The van der Waals surface area contributed by atoms with Gasteiger partial charge in [0.25, 0.3) is 0 Å². The fourth-order valence-corrected chi connectivity index (χ4v) is 1.19. The van der Waals surface area contributed by atoms with Crippen LogP contribution in [0.4, 0.5) is 10.1 Å². The van der Waals surface area contributed by atoms with E-state index in [-0.39, 0.29) is 5.82 Å². The van der Waals surface area contributed by atoms with Crippen LogP contribution in [0.3, 0.4) is 0 Å². The van der Waals surface area contributed by atoms with Gasteiger partial charge in [0, 0.05) is 17.8 Å². The Kier molecular flexibility index (Phi) is 1.39. The molecule has 0 bridgehead atoms. The second kappa shape index (κ2) is 2.38. The Labute approximate surface area is 64.5 Å². The smallest absolute Gasteiger partial charge is 0.123 e. The molecule has 0 fully saturated rings. The van der Waals surface area contributed by atoms with Crippen LogP contribution in [-0.2, 0) is 0 Å². The van der Waals surface area contributed by atoms with E-state index in [4.69, 9.17) is 0 Å². The lowest BCUT2D eigenvalue weighted by atomic mass is 10.1. The molecule has 0 saturated heterocycles. The van der Waals surface area contributed by atoms with Crippen LogP contribution in [0, 0.1) is 5.82 Å². The van der Waals surface area contributed by atoms with Crippen molar-refractivity contribution in [3.8, 4) is 0 Å². The first kappa shape index (κ1) is 6.40. The third-order valence-corrected chi connectivity index (χ3v) is 1.72. The van der Waals surface area contributed by atoms with Gasteiger partial charge in [-0.2, -0.15) is 0 Å². The van der Waals surface area contributed by atoms with E-state index in [0.29, 0.717) is 0 Å². The molecule has 1 heterocycles. The normalized spacial score (nSPS) is 13.9. The lowest BCUT2D eigenvalue weighted by molar-refractivity contribution is 0.627. The third kappa shape index (κ3) is 1.11. The van der Waals surface area contributed by atoms with Gasteiger partial charge in [-0.3, -0.25) is 0 Å². The predicted octanol–water partition coefficient (Wildman–Crippen LogP) is 2.26. The summed E-state index contributed by atoms with van der Waals surface area (Å²) in [6, 6.07) is 4.75. The molecule has 0 spiro atoms. The number of hydrogen-bond acceptors (Lipinski definition) is 1. The molecule has 56 valence electrons. The average Bonchev–Trinajstić information content (AvgIpc) is 2.04. The maximum absolute atomic E-state index is 12.6. The standard InChI is InChI=1S/C9H8FN/c10-8-3-4-9-7(6-8)2-1-5-11-9/h1-4,6,11H,5H2. The first-order valence-corrected chi connectivity index (χ1v) is 3.56. The number of hydrogen-bond donors (Lipinski definition) is 1. The highest BCUT2D eigenvalue weighted by atomic mass is 19.1. The number of anilines is 1. The zero-order chi connectivity index (χ0) is 7.68. The summed E-state index contributed by atoms with van der Waals surface area (Å²) in [5.74, 6) is -0.183. The van der Waals surface area contributed by atoms with Crippen LogP contribution < -0.4 is 5.32 Å². The second-order valence-corrected chi connectivity index (χ2v) is 2.51. The van der Waals surface area contributed by atoms with Crippen LogP contribution in [0.2, 0.25) is 0 Å². The molecule has 1 aliphatic heterocycles. The summed E-state index contributed by atoms with van der Waals surface area (Å²) in [6.07, 6.45) is 3.90. The van der Waals surface area contributed by atoms with E-state index in [1.807, 2.05) is 12.2 Å². The zero-order valence-electron chi connectivity index (χ0n) is 5.97. The first-order chi connectivity index (χ1) is 5.36. The van der Waals surface area contributed by atoms with Gasteiger partial charge in [0.2, 0.25) is 0 Å². The van der Waals surface area contributed by atoms with Gasteiger partial charge < -0.3 is 5.32 Å². The van der Waals surface area contributed by atoms with E-state index in [1.54, 1.807) is 6.07 Å². The molecule has 2 heteroatoms. The van der Waals surface area contributed by atoms with E-state index in [1.165, 1.54) is 12.1 Å². The topological polar surface area (TPSA) is 12.0 Å². The predicted molar refractivity (Wildman–Crippen MR) is 43.9 cm³/mol. The molecular formula is C9H8FN. The molecule has 0 aliphatic carbocycles. The molecule has 2 rings (SSSR count). The minimum absolute atomic E-state index is 0.183. The Morgan fingerprint density at radius 3 is 3.18 bits per heavy atom. The summed E-state index contributed by atoms with van der Waals surface area (Å²) in [5.41, 5.74) is 1.94. The summed E-state index contributed by atoms with van der Waals surface area (Å²) in [4.78, 5) is 0. The Morgan fingerprint density at radius 1 is 1.36 bits per heavy atom. The molecule has 1 aliphatic rings.